The number of amides is 2. The highest BCUT2D eigenvalue weighted by Gasteiger charge is 2.30. The third-order valence-corrected chi connectivity index (χ3v) is 4.48. The highest BCUT2D eigenvalue weighted by molar-refractivity contribution is 5.88. The molecule has 27 heavy (non-hydrogen) atoms. The lowest BCUT2D eigenvalue weighted by atomic mass is 10.0. The molecule has 0 saturated heterocycles. The van der Waals surface area contributed by atoms with Crippen molar-refractivity contribution in [3.63, 3.8) is 0 Å². The minimum Gasteiger partial charge on any atom is -0.354 e. The van der Waals surface area contributed by atoms with Gasteiger partial charge in [-0.25, -0.2) is 0 Å². The van der Waals surface area contributed by atoms with Crippen LogP contribution in [0.3, 0.4) is 0 Å². The minimum absolute atomic E-state index is 0.000785. The maximum absolute atomic E-state index is 13.1. The van der Waals surface area contributed by atoms with Crippen LogP contribution < -0.4 is 5.32 Å². The molecule has 2 aromatic rings. The smallest absolute Gasteiger partial charge is 0.247 e. The Hall–Kier alpha value is -2.62. The third-order valence-electron chi connectivity index (χ3n) is 4.48. The average Bonchev–Trinajstić information content (AvgIpc) is 2.69. The molecule has 0 aromatic heterocycles. The van der Waals surface area contributed by atoms with Gasteiger partial charge in [0.25, 0.3) is 0 Å². The van der Waals surface area contributed by atoms with Crippen LogP contribution in [-0.4, -0.2) is 23.3 Å². The molecule has 0 aliphatic rings. The molecule has 1 N–H and O–H groups in total. The summed E-state index contributed by atoms with van der Waals surface area (Å²) in [7, 11) is 0. The van der Waals surface area contributed by atoms with Crippen LogP contribution in [0.2, 0.25) is 0 Å². The molecule has 0 aliphatic carbocycles. The first-order chi connectivity index (χ1) is 13.2. The summed E-state index contributed by atoms with van der Waals surface area (Å²) >= 11 is 0. The predicted molar refractivity (Wildman–Crippen MR) is 109 cm³/mol. The van der Waals surface area contributed by atoms with Crippen molar-refractivity contribution in [1.82, 2.24) is 10.2 Å². The van der Waals surface area contributed by atoms with E-state index >= 15 is 0 Å². The third kappa shape index (κ3) is 6.24. The van der Waals surface area contributed by atoms with Gasteiger partial charge >= 0.3 is 0 Å². The molecule has 4 heteroatoms. The summed E-state index contributed by atoms with van der Waals surface area (Å²) in [6.07, 6.45) is 3.12. The van der Waals surface area contributed by atoms with Crippen molar-refractivity contribution in [2.45, 2.75) is 52.1 Å². The Morgan fingerprint density at radius 1 is 0.926 bits per heavy atom. The number of nitrogens with zero attached hydrogens (tertiary/aromatic N) is 1. The maximum atomic E-state index is 13.1. The van der Waals surface area contributed by atoms with E-state index in [9.17, 15) is 9.59 Å². The van der Waals surface area contributed by atoms with Gasteiger partial charge in [0.2, 0.25) is 11.8 Å². The molecular formula is C23H30N2O2. The second kappa shape index (κ2) is 11.2. The summed E-state index contributed by atoms with van der Waals surface area (Å²) in [6.45, 7) is 5.12. The highest BCUT2D eigenvalue weighted by atomic mass is 16.2. The topological polar surface area (TPSA) is 49.4 Å². The number of carbonyl (C=O) groups is 2. The van der Waals surface area contributed by atoms with Crippen LogP contribution in [0.4, 0.5) is 0 Å². The molecule has 0 bridgehead atoms. The standard InChI is InChI=1S/C23H30N2O2/c1-3-5-17-24-23(27)22(20-15-10-7-11-16-20)25(21(26)12-4-2)18-19-13-8-6-9-14-19/h6-11,13-16,22H,3-5,12,17-18H2,1-2H3,(H,24,27)/t22-/m1/s1. The molecule has 0 spiro atoms. The summed E-state index contributed by atoms with van der Waals surface area (Å²) in [5, 5.41) is 3.01. The SMILES string of the molecule is CCCCNC(=O)[C@@H](c1ccccc1)N(Cc1ccccc1)C(=O)CCC. The van der Waals surface area contributed by atoms with Gasteiger partial charge in [-0.3, -0.25) is 9.59 Å². The lowest BCUT2D eigenvalue weighted by molar-refractivity contribution is -0.141. The first kappa shape index (κ1) is 20.7. The molecule has 2 rings (SSSR count). The summed E-state index contributed by atoms with van der Waals surface area (Å²) in [5.41, 5.74) is 1.86. The van der Waals surface area contributed by atoms with Crippen LogP contribution in [-0.2, 0) is 16.1 Å². The fourth-order valence-corrected chi connectivity index (χ4v) is 3.05. The molecule has 1 atom stereocenters. The zero-order valence-electron chi connectivity index (χ0n) is 16.4. The quantitative estimate of drug-likeness (QED) is 0.631. The Bertz CT molecular complexity index is 701. The van der Waals surface area contributed by atoms with E-state index in [0.29, 0.717) is 19.5 Å². The average molecular weight is 367 g/mol. The Labute approximate surface area is 162 Å². The van der Waals surface area contributed by atoms with Gasteiger partial charge < -0.3 is 10.2 Å². The number of nitrogens with one attached hydrogen (secondary N) is 1. The monoisotopic (exact) mass is 366 g/mol. The van der Waals surface area contributed by atoms with Crippen molar-refractivity contribution >= 4 is 11.8 Å². The van der Waals surface area contributed by atoms with Crippen LogP contribution >= 0.6 is 0 Å². The van der Waals surface area contributed by atoms with Crippen LogP contribution in [0, 0.1) is 0 Å². The van der Waals surface area contributed by atoms with E-state index in [0.717, 1.165) is 30.4 Å². The van der Waals surface area contributed by atoms with E-state index in [1.54, 1.807) is 4.90 Å². The van der Waals surface area contributed by atoms with Crippen LogP contribution in [0.1, 0.15) is 56.7 Å². The van der Waals surface area contributed by atoms with E-state index in [-0.39, 0.29) is 11.8 Å². The van der Waals surface area contributed by atoms with Crippen molar-refractivity contribution < 1.29 is 9.59 Å². The number of hydrogen-bond acceptors (Lipinski definition) is 2. The first-order valence-electron chi connectivity index (χ1n) is 9.83. The molecule has 2 amide bonds. The zero-order valence-corrected chi connectivity index (χ0v) is 16.4. The molecule has 144 valence electrons. The fraction of sp³-hybridized carbons (Fsp3) is 0.391. The second-order valence-electron chi connectivity index (χ2n) is 6.72. The lowest BCUT2D eigenvalue weighted by Crippen LogP contribution is -2.43. The summed E-state index contributed by atoms with van der Waals surface area (Å²) in [5.74, 6) is -0.115. The number of carbonyl (C=O) groups excluding carboxylic acids is 2. The van der Waals surface area contributed by atoms with Crippen molar-refractivity contribution in [3.05, 3.63) is 71.8 Å². The highest BCUT2D eigenvalue weighted by Crippen LogP contribution is 2.25. The normalized spacial score (nSPS) is 11.6. The van der Waals surface area contributed by atoms with Gasteiger partial charge in [0, 0.05) is 19.5 Å². The molecule has 0 heterocycles. The Morgan fingerprint density at radius 3 is 2.15 bits per heavy atom. The van der Waals surface area contributed by atoms with Gasteiger partial charge in [-0.05, 0) is 24.0 Å². The number of unbranched alkanes of at least 4 members (excludes halogenated alkanes) is 1. The van der Waals surface area contributed by atoms with Gasteiger partial charge in [0.15, 0.2) is 0 Å². The number of rotatable bonds is 10. The van der Waals surface area contributed by atoms with E-state index in [4.69, 9.17) is 0 Å². The van der Waals surface area contributed by atoms with Gasteiger partial charge in [-0.1, -0.05) is 80.9 Å². The summed E-state index contributed by atoms with van der Waals surface area (Å²) < 4.78 is 0. The van der Waals surface area contributed by atoms with Crippen molar-refractivity contribution in [1.29, 1.82) is 0 Å². The van der Waals surface area contributed by atoms with Crippen LogP contribution in [0.15, 0.2) is 60.7 Å². The summed E-state index contributed by atoms with van der Waals surface area (Å²) in [4.78, 5) is 27.7. The summed E-state index contributed by atoms with van der Waals surface area (Å²) in [6, 6.07) is 18.8. The van der Waals surface area contributed by atoms with E-state index in [2.05, 4.69) is 12.2 Å². The predicted octanol–water partition coefficient (Wildman–Crippen LogP) is 4.47. The van der Waals surface area contributed by atoms with Gasteiger partial charge in [0.1, 0.15) is 6.04 Å². The van der Waals surface area contributed by atoms with Crippen molar-refractivity contribution in [2.24, 2.45) is 0 Å². The molecule has 4 nitrogen and oxygen atoms in total. The molecule has 0 aliphatic heterocycles. The first-order valence-corrected chi connectivity index (χ1v) is 9.83. The molecule has 0 radical (unpaired) electrons. The fourth-order valence-electron chi connectivity index (χ4n) is 3.05. The molecule has 2 aromatic carbocycles. The Balaban J connectivity index is 2.35. The van der Waals surface area contributed by atoms with E-state index < -0.39 is 6.04 Å². The van der Waals surface area contributed by atoms with Crippen molar-refractivity contribution in [3.8, 4) is 0 Å². The maximum Gasteiger partial charge on any atom is 0.247 e. The van der Waals surface area contributed by atoms with E-state index in [1.165, 1.54) is 0 Å². The zero-order chi connectivity index (χ0) is 19.5. The van der Waals surface area contributed by atoms with Gasteiger partial charge in [-0.15, -0.1) is 0 Å². The largest absolute Gasteiger partial charge is 0.354 e. The lowest BCUT2D eigenvalue weighted by Gasteiger charge is -2.31. The minimum atomic E-state index is -0.623. The number of hydrogen-bond donors (Lipinski definition) is 1. The van der Waals surface area contributed by atoms with Crippen LogP contribution in [0.5, 0.6) is 0 Å². The Morgan fingerprint density at radius 2 is 1.56 bits per heavy atom. The van der Waals surface area contributed by atoms with Gasteiger partial charge in [0.05, 0.1) is 0 Å². The van der Waals surface area contributed by atoms with Crippen molar-refractivity contribution in [2.75, 3.05) is 6.54 Å². The molecule has 0 unspecified atom stereocenters. The second-order valence-corrected chi connectivity index (χ2v) is 6.72. The van der Waals surface area contributed by atoms with Crippen LogP contribution in [0.25, 0.3) is 0 Å². The molecule has 0 fully saturated rings. The van der Waals surface area contributed by atoms with E-state index in [1.807, 2.05) is 67.6 Å². The van der Waals surface area contributed by atoms with Gasteiger partial charge in [-0.2, -0.15) is 0 Å². The number of benzene rings is 2. The Kier molecular flexibility index (Phi) is 8.56. The molecular weight excluding hydrogens is 336 g/mol. The molecule has 0 saturated carbocycles.